The van der Waals surface area contributed by atoms with Crippen molar-refractivity contribution in [3.8, 4) is 0 Å². The molecule has 0 radical (unpaired) electrons. The summed E-state index contributed by atoms with van der Waals surface area (Å²) >= 11 is 0. The fourth-order valence-electron chi connectivity index (χ4n) is 2.78. The summed E-state index contributed by atoms with van der Waals surface area (Å²) in [5, 5.41) is 0. The van der Waals surface area contributed by atoms with Gasteiger partial charge in [0.15, 0.2) is 0 Å². The molecule has 0 saturated carbocycles. The number of hydrogen-bond acceptors (Lipinski definition) is 2. The van der Waals surface area contributed by atoms with Crippen LogP contribution in [0.5, 0.6) is 0 Å². The third-order valence-corrected chi connectivity index (χ3v) is 4.69. The molecule has 106 valence electrons. The molecule has 0 spiro atoms. The highest BCUT2D eigenvalue weighted by Crippen LogP contribution is 2.39. The van der Waals surface area contributed by atoms with Crippen LogP contribution in [0.4, 0.5) is 4.39 Å². The van der Waals surface area contributed by atoms with Crippen LogP contribution < -0.4 is 0 Å². The zero-order valence-electron chi connectivity index (χ0n) is 12.5. The molecule has 2 nitrogen and oxygen atoms in total. The van der Waals surface area contributed by atoms with Crippen molar-refractivity contribution in [3.63, 3.8) is 0 Å². The second kappa shape index (κ2) is 4.44. The molecule has 1 aromatic rings. The lowest BCUT2D eigenvalue weighted by Gasteiger charge is -2.32. The van der Waals surface area contributed by atoms with Crippen molar-refractivity contribution in [2.24, 2.45) is 0 Å². The number of fused-ring (bicyclic) bond motifs is 1. The second-order valence-corrected chi connectivity index (χ2v) is 6.62. The van der Waals surface area contributed by atoms with Gasteiger partial charge in [0.05, 0.1) is 11.2 Å². The van der Waals surface area contributed by atoms with Crippen LogP contribution in [0.25, 0.3) is 5.57 Å². The van der Waals surface area contributed by atoms with E-state index in [9.17, 15) is 4.39 Å². The van der Waals surface area contributed by atoms with E-state index >= 15 is 0 Å². The van der Waals surface area contributed by atoms with Gasteiger partial charge in [-0.1, -0.05) is 12.0 Å². The van der Waals surface area contributed by atoms with Crippen molar-refractivity contribution >= 4 is 12.7 Å². The molecule has 0 aromatic heterocycles. The zero-order valence-corrected chi connectivity index (χ0v) is 12.5. The predicted octanol–water partition coefficient (Wildman–Crippen LogP) is 3.79. The first-order valence-corrected chi connectivity index (χ1v) is 7.14. The number of halogens is 1. The smallest absolute Gasteiger partial charge is 0.400 e. The Balaban J connectivity index is 1.87. The maximum absolute atomic E-state index is 13.2. The molecule has 0 atom stereocenters. The summed E-state index contributed by atoms with van der Waals surface area (Å²) in [6.45, 7) is 8.18. The Labute approximate surface area is 120 Å². The molecule has 1 saturated heterocycles. The van der Waals surface area contributed by atoms with Crippen LogP contribution in [0, 0.1) is 5.82 Å². The highest BCUT2D eigenvalue weighted by Gasteiger charge is 2.50. The first kappa shape index (κ1) is 13.8. The Morgan fingerprint density at radius 3 is 2.40 bits per heavy atom. The highest BCUT2D eigenvalue weighted by atomic mass is 19.1. The van der Waals surface area contributed by atoms with Gasteiger partial charge in [0.2, 0.25) is 0 Å². The Kier molecular flexibility index (Phi) is 3.07. The van der Waals surface area contributed by atoms with Crippen LogP contribution in [-0.4, -0.2) is 18.3 Å². The van der Waals surface area contributed by atoms with Crippen LogP contribution in [-0.2, 0) is 15.7 Å². The lowest BCUT2D eigenvalue weighted by molar-refractivity contribution is 0.00578. The van der Waals surface area contributed by atoms with Crippen molar-refractivity contribution in [2.75, 3.05) is 0 Å². The van der Waals surface area contributed by atoms with Crippen LogP contribution in [0.1, 0.15) is 45.2 Å². The molecule has 1 aliphatic heterocycles. The number of aryl methyl sites for hydroxylation is 1. The minimum atomic E-state index is -0.328. The molecule has 1 fully saturated rings. The van der Waals surface area contributed by atoms with Gasteiger partial charge in [-0.25, -0.2) is 4.39 Å². The van der Waals surface area contributed by atoms with Crippen molar-refractivity contribution < 1.29 is 13.7 Å². The second-order valence-electron chi connectivity index (χ2n) is 6.62. The van der Waals surface area contributed by atoms with Gasteiger partial charge in [-0.05, 0) is 69.4 Å². The monoisotopic (exact) mass is 274 g/mol. The van der Waals surface area contributed by atoms with E-state index in [1.165, 1.54) is 11.6 Å². The number of hydrogen-bond donors (Lipinski definition) is 0. The lowest BCUT2D eigenvalue weighted by Crippen LogP contribution is -2.41. The standard InChI is InChI=1S/C16H20BFO2/c1-15(2)16(3,4)20-17(19-15)10-12-6-5-11-9-13(18)7-8-14(11)12/h7-10H,5-6H2,1-4H3/b12-10-. The van der Waals surface area contributed by atoms with E-state index < -0.39 is 0 Å². The van der Waals surface area contributed by atoms with Crippen LogP contribution in [0.15, 0.2) is 24.2 Å². The molecule has 0 amide bonds. The fourth-order valence-corrected chi connectivity index (χ4v) is 2.78. The largest absolute Gasteiger partial charge is 0.487 e. The van der Waals surface area contributed by atoms with Gasteiger partial charge < -0.3 is 9.31 Å². The third kappa shape index (κ3) is 2.21. The molecule has 4 heteroatoms. The summed E-state index contributed by atoms with van der Waals surface area (Å²) in [6.07, 6.45) is 1.81. The molecule has 2 aliphatic rings. The van der Waals surface area contributed by atoms with E-state index in [4.69, 9.17) is 9.31 Å². The quantitative estimate of drug-likeness (QED) is 0.725. The molecule has 1 aliphatic carbocycles. The number of allylic oxidation sites excluding steroid dienone is 1. The minimum absolute atomic E-state index is 0.166. The first-order valence-electron chi connectivity index (χ1n) is 7.14. The predicted molar refractivity (Wildman–Crippen MR) is 78.8 cm³/mol. The first-order chi connectivity index (χ1) is 9.28. The SMILES string of the molecule is CC1(C)OB(/C=C2/CCc3cc(F)ccc32)OC1(C)C. The van der Waals surface area contributed by atoms with Gasteiger partial charge in [-0.3, -0.25) is 0 Å². The summed E-state index contributed by atoms with van der Waals surface area (Å²) in [4.78, 5) is 0. The van der Waals surface area contributed by atoms with Gasteiger partial charge in [-0.15, -0.1) is 0 Å². The molecule has 3 rings (SSSR count). The van der Waals surface area contributed by atoms with Crippen molar-refractivity contribution in [1.82, 2.24) is 0 Å². The molecular formula is C16H20BFO2. The summed E-state index contributed by atoms with van der Waals surface area (Å²) in [7, 11) is -0.328. The lowest BCUT2D eigenvalue weighted by atomic mass is 9.85. The summed E-state index contributed by atoms with van der Waals surface area (Å²) in [5.74, 6) is 1.88. The van der Waals surface area contributed by atoms with E-state index in [-0.39, 0.29) is 24.1 Å². The van der Waals surface area contributed by atoms with Gasteiger partial charge in [0.1, 0.15) is 5.82 Å². The topological polar surface area (TPSA) is 18.5 Å². The van der Waals surface area contributed by atoms with Gasteiger partial charge >= 0.3 is 7.12 Å². The highest BCUT2D eigenvalue weighted by molar-refractivity contribution is 6.53. The fraction of sp³-hybridized carbons (Fsp3) is 0.500. The van der Waals surface area contributed by atoms with Gasteiger partial charge in [-0.2, -0.15) is 0 Å². The van der Waals surface area contributed by atoms with E-state index in [1.54, 1.807) is 6.07 Å². The molecule has 1 aromatic carbocycles. The average molecular weight is 274 g/mol. The number of rotatable bonds is 1. The summed E-state index contributed by atoms with van der Waals surface area (Å²) in [5.41, 5.74) is 2.75. The molecule has 0 N–H and O–H groups in total. The normalized spacial score (nSPS) is 25.2. The van der Waals surface area contributed by atoms with Crippen molar-refractivity contribution in [2.45, 2.75) is 51.7 Å². The van der Waals surface area contributed by atoms with E-state index in [1.807, 2.05) is 39.7 Å². The average Bonchev–Trinajstić information content (AvgIpc) is 2.78. The maximum atomic E-state index is 13.2. The molecule has 0 bridgehead atoms. The van der Waals surface area contributed by atoms with Crippen molar-refractivity contribution in [1.29, 1.82) is 0 Å². The Morgan fingerprint density at radius 1 is 1.10 bits per heavy atom. The number of benzene rings is 1. The summed E-state index contributed by atoms with van der Waals surface area (Å²) in [6, 6.07) is 5.00. The molecule has 0 unspecified atom stereocenters. The van der Waals surface area contributed by atoms with E-state index in [0.29, 0.717) is 0 Å². The van der Waals surface area contributed by atoms with Crippen LogP contribution >= 0.6 is 0 Å². The van der Waals surface area contributed by atoms with Crippen molar-refractivity contribution in [3.05, 3.63) is 41.1 Å². The zero-order chi connectivity index (χ0) is 14.5. The van der Waals surface area contributed by atoms with E-state index in [2.05, 4.69) is 0 Å². The Bertz CT molecular complexity index is 562. The minimum Gasteiger partial charge on any atom is -0.400 e. The maximum Gasteiger partial charge on any atom is 0.487 e. The third-order valence-electron chi connectivity index (χ3n) is 4.69. The summed E-state index contributed by atoms with van der Waals surface area (Å²) < 4.78 is 25.2. The van der Waals surface area contributed by atoms with E-state index in [0.717, 1.165) is 24.0 Å². The Morgan fingerprint density at radius 2 is 1.75 bits per heavy atom. The molecule has 1 heterocycles. The van der Waals surface area contributed by atoms with Crippen LogP contribution in [0.3, 0.4) is 0 Å². The Hall–Kier alpha value is -1.13. The van der Waals surface area contributed by atoms with Gasteiger partial charge in [0, 0.05) is 0 Å². The van der Waals surface area contributed by atoms with Crippen LogP contribution in [0.2, 0.25) is 0 Å². The van der Waals surface area contributed by atoms with Gasteiger partial charge in [0.25, 0.3) is 0 Å². The molecular weight excluding hydrogens is 254 g/mol. The molecule has 20 heavy (non-hydrogen) atoms.